The van der Waals surface area contributed by atoms with E-state index in [0.29, 0.717) is 11.5 Å². The van der Waals surface area contributed by atoms with Crippen LogP contribution in [0, 0.1) is 0 Å². The highest BCUT2D eigenvalue weighted by Crippen LogP contribution is 2.44. The van der Waals surface area contributed by atoms with Crippen LogP contribution in [0.1, 0.15) is 45.1 Å². The molecule has 3 heteroatoms. The maximum atomic E-state index is 11.7. The van der Waals surface area contributed by atoms with Crippen LogP contribution in [0.4, 0.5) is 0 Å². The molecular formula is C27H20O2S. The lowest BCUT2D eigenvalue weighted by molar-refractivity contribution is 0.0699. The Morgan fingerprint density at radius 2 is 1.70 bits per heavy atom. The lowest BCUT2D eigenvalue weighted by atomic mass is 9.79. The van der Waals surface area contributed by atoms with Crippen molar-refractivity contribution in [2.24, 2.45) is 0 Å². The predicted molar refractivity (Wildman–Crippen MR) is 125 cm³/mol. The standard InChI is InChI=1S/C27H20O2S/c28-27(29)24-10-3-6-17-15-25(30-26(17)24)23-9-4-8-19-21-12-11-16-5-1-2-7-18(16)20(21)13-14-22(19)23/h1-3,5-7,10-15,23H,4,8-9H2,(H,28,29). The summed E-state index contributed by atoms with van der Waals surface area (Å²) in [6.45, 7) is 0. The number of hydrogen-bond donors (Lipinski definition) is 1. The topological polar surface area (TPSA) is 37.3 Å². The summed E-state index contributed by atoms with van der Waals surface area (Å²) in [5, 5.41) is 15.9. The van der Waals surface area contributed by atoms with Crippen LogP contribution < -0.4 is 0 Å². The molecule has 0 saturated heterocycles. The van der Waals surface area contributed by atoms with Crippen molar-refractivity contribution < 1.29 is 9.90 Å². The third-order valence-corrected chi connectivity index (χ3v) is 7.80. The number of fused-ring (bicyclic) bond motifs is 6. The number of benzene rings is 4. The fraction of sp³-hybridized carbons (Fsp3) is 0.148. The Bertz CT molecular complexity index is 1460. The summed E-state index contributed by atoms with van der Waals surface area (Å²) in [7, 11) is 0. The second-order valence-corrected chi connectivity index (χ2v) is 9.22. The zero-order chi connectivity index (χ0) is 20.2. The first-order valence-electron chi connectivity index (χ1n) is 10.4. The molecule has 0 fully saturated rings. The first kappa shape index (κ1) is 17.7. The van der Waals surface area contributed by atoms with E-state index in [4.69, 9.17) is 0 Å². The molecule has 1 unspecified atom stereocenters. The van der Waals surface area contributed by atoms with Gasteiger partial charge in [0.05, 0.1) is 5.56 Å². The molecule has 0 radical (unpaired) electrons. The average Bonchev–Trinajstić information content (AvgIpc) is 3.22. The quantitative estimate of drug-likeness (QED) is 0.310. The van der Waals surface area contributed by atoms with Gasteiger partial charge in [-0.3, -0.25) is 0 Å². The minimum Gasteiger partial charge on any atom is -0.478 e. The van der Waals surface area contributed by atoms with Crippen molar-refractivity contribution in [2.45, 2.75) is 25.2 Å². The maximum Gasteiger partial charge on any atom is 0.337 e. The number of carboxylic acids is 1. The van der Waals surface area contributed by atoms with E-state index in [2.05, 4.69) is 54.6 Å². The smallest absolute Gasteiger partial charge is 0.337 e. The van der Waals surface area contributed by atoms with E-state index in [1.54, 1.807) is 17.4 Å². The Balaban J connectivity index is 1.55. The summed E-state index contributed by atoms with van der Waals surface area (Å²) in [5.74, 6) is -0.514. The summed E-state index contributed by atoms with van der Waals surface area (Å²) in [6.07, 6.45) is 3.37. The molecule has 1 aliphatic rings. The Morgan fingerprint density at radius 1 is 0.867 bits per heavy atom. The van der Waals surface area contributed by atoms with E-state index in [0.717, 1.165) is 29.3 Å². The highest BCUT2D eigenvalue weighted by atomic mass is 32.1. The molecule has 0 amide bonds. The third-order valence-electron chi connectivity index (χ3n) is 6.51. The molecule has 1 heterocycles. The van der Waals surface area contributed by atoms with E-state index in [-0.39, 0.29) is 0 Å². The normalized spacial score (nSPS) is 16.2. The molecule has 0 saturated carbocycles. The van der Waals surface area contributed by atoms with Crippen LogP contribution in [0.3, 0.4) is 0 Å². The van der Waals surface area contributed by atoms with Crippen molar-refractivity contribution in [1.82, 2.24) is 0 Å². The summed E-state index contributed by atoms with van der Waals surface area (Å²) in [5.41, 5.74) is 3.28. The van der Waals surface area contributed by atoms with Crippen LogP contribution >= 0.6 is 11.3 Å². The molecule has 30 heavy (non-hydrogen) atoms. The number of aromatic carboxylic acids is 1. The molecule has 6 rings (SSSR count). The van der Waals surface area contributed by atoms with Crippen molar-refractivity contribution in [3.05, 3.63) is 94.4 Å². The fourth-order valence-corrected chi connectivity index (χ4v) is 6.45. The van der Waals surface area contributed by atoms with Gasteiger partial charge in [-0.15, -0.1) is 11.3 Å². The van der Waals surface area contributed by atoms with Crippen LogP contribution in [0.5, 0.6) is 0 Å². The number of carbonyl (C=O) groups is 1. The highest BCUT2D eigenvalue weighted by Gasteiger charge is 2.26. The summed E-state index contributed by atoms with van der Waals surface area (Å²) in [4.78, 5) is 12.9. The lowest BCUT2D eigenvalue weighted by Crippen LogP contribution is -2.10. The van der Waals surface area contributed by atoms with Gasteiger partial charge in [0.15, 0.2) is 0 Å². The SMILES string of the molecule is O=C(O)c1cccc2cc(C3CCCc4c3ccc3c4ccc4ccccc43)sc12. The second kappa shape index (κ2) is 6.68. The monoisotopic (exact) mass is 408 g/mol. The lowest BCUT2D eigenvalue weighted by Gasteiger charge is -2.26. The van der Waals surface area contributed by atoms with Crippen LogP contribution in [0.2, 0.25) is 0 Å². The minimum absolute atomic E-state index is 0.337. The van der Waals surface area contributed by atoms with Gasteiger partial charge in [-0.05, 0) is 69.5 Å². The van der Waals surface area contributed by atoms with Crippen molar-refractivity contribution in [1.29, 1.82) is 0 Å². The second-order valence-electron chi connectivity index (χ2n) is 8.14. The number of rotatable bonds is 2. The fourth-order valence-electron chi connectivity index (χ4n) is 5.13. The maximum absolute atomic E-state index is 11.7. The molecule has 0 spiro atoms. The molecule has 0 aliphatic heterocycles. The zero-order valence-electron chi connectivity index (χ0n) is 16.4. The molecule has 1 aliphatic carbocycles. The molecule has 0 bridgehead atoms. The first-order chi connectivity index (χ1) is 14.7. The predicted octanol–water partition coefficient (Wildman–Crippen LogP) is 7.37. The van der Waals surface area contributed by atoms with Crippen LogP contribution in [0.25, 0.3) is 31.6 Å². The zero-order valence-corrected chi connectivity index (χ0v) is 17.2. The van der Waals surface area contributed by atoms with Crippen molar-refractivity contribution in [3.63, 3.8) is 0 Å². The molecule has 1 N–H and O–H groups in total. The molecule has 1 atom stereocenters. The average molecular weight is 409 g/mol. The molecule has 146 valence electrons. The van der Waals surface area contributed by atoms with E-state index >= 15 is 0 Å². The van der Waals surface area contributed by atoms with Gasteiger partial charge in [-0.1, -0.05) is 60.7 Å². The van der Waals surface area contributed by atoms with Gasteiger partial charge in [-0.2, -0.15) is 0 Å². The van der Waals surface area contributed by atoms with E-state index in [1.807, 2.05) is 12.1 Å². The number of carboxylic acid groups (broad SMARTS) is 1. The van der Waals surface area contributed by atoms with Gasteiger partial charge in [0.2, 0.25) is 0 Å². The van der Waals surface area contributed by atoms with Gasteiger partial charge in [0.25, 0.3) is 0 Å². The van der Waals surface area contributed by atoms with E-state index in [1.165, 1.54) is 37.5 Å². The van der Waals surface area contributed by atoms with Gasteiger partial charge < -0.3 is 5.11 Å². The summed E-state index contributed by atoms with van der Waals surface area (Å²) in [6, 6.07) is 25.5. The van der Waals surface area contributed by atoms with Gasteiger partial charge in [0.1, 0.15) is 0 Å². The minimum atomic E-state index is -0.851. The van der Waals surface area contributed by atoms with Crippen LogP contribution in [0.15, 0.2) is 72.8 Å². The Labute approximate surface area is 178 Å². The Hall–Kier alpha value is -3.17. The number of hydrogen-bond acceptors (Lipinski definition) is 2. The van der Waals surface area contributed by atoms with Crippen LogP contribution in [-0.4, -0.2) is 11.1 Å². The summed E-state index contributed by atoms with van der Waals surface area (Å²) < 4.78 is 0.888. The van der Waals surface area contributed by atoms with Gasteiger partial charge >= 0.3 is 5.97 Å². The third kappa shape index (κ3) is 2.59. The molecule has 4 aromatic carbocycles. The van der Waals surface area contributed by atoms with Crippen molar-refractivity contribution in [2.75, 3.05) is 0 Å². The van der Waals surface area contributed by atoms with Crippen molar-refractivity contribution >= 4 is 48.9 Å². The number of aryl methyl sites for hydroxylation is 1. The first-order valence-corrected chi connectivity index (χ1v) is 11.2. The molecular weight excluding hydrogens is 388 g/mol. The van der Waals surface area contributed by atoms with Crippen LogP contribution in [-0.2, 0) is 6.42 Å². The number of thiophene rings is 1. The largest absolute Gasteiger partial charge is 0.478 e. The Morgan fingerprint density at radius 3 is 2.60 bits per heavy atom. The van der Waals surface area contributed by atoms with Gasteiger partial charge in [-0.25, -0.2) is 4.79 Å². The summed E-state index contributed by atoms with van der Waals surface area (Å²) >= 11 is 1.65. The van der Waals surface area contributed by atoms with E-state index in [9.17, 15) is 9.90 Å². The molecule has 1 aromatic heterocycles. The molecule has 2 nitrogen and oxygen atoms in total. The van der Waals surface area contributed by atoms with Gasteiger partial charge in [0, 0.05) is 15.5 Å². The highest BCUT2D eigenvalue weighted by molar-refractivity contribution is 7.19. The Kier molecular flexibility index (Phi) is 3.93. The molecule has 5 aromatic rings. The van der Waals surface area contributed by atoms with E-state index < -0.39 is 5.97 Å². The van der Waals surface area contributed by atoms with Crippen molar-refractivity contribution in [3.8, 4) is 0 Å².